The molecule has 23 heavy (non-hydrogen) atoms. The molecule has 124 valence electrons. The van der Waals surface area contributed by atoms with E-state index in [0.717, 1.165) is 24.1 Å². The first-order valence-electron chi connectivity index (χ1n) is 7.96. The number of aliphatic hydroxyl groups is 1. The number of benzene rings is 1. The van der Waals surface area contributed by atoms with Gasteiger partial charge in [0.15, 0.2) is 0 Å². The van der Waals surface area contributed by atoms with Gasteiger partial charge in [-0.05, 0) is 30.2 Å². The van der Waals surface area contributed by atoms with E-state index in [-0.39, 0.29) is 12.6 Å². The summed E-state index contributed by atoms with van der Waals surface area (Å²) < 4.78 is 1.85. The minimum atomic E-state index is -0.174. The van der Waals surface area contributed by atoms with Gasteiger partial charge in [0, 0.05) is 31.2 Å². The lowest BCUT2D eigenvalue weighted by Crippen LogP contribution is -2.37. The number of nitrogens with one attached hydrogen (secondary N) is 1. The molecular formula is C17H24N4O2. The molecule has 1 aromatic heterocycles. The third-order valence-electron chi connectivity index (χ3n) is 3.55. The number of carbonyl (C=O) groups excluding carboxylic acids is 1. The van der Waals surface area contributed by atoms with Crippen molar-refractivity contribution in [3.05, 3.63) is 48.3 Å². The molecule has 2 N–H and O–H groups in total. The van der Waals surface area contributed by atoms with Crippen molar-refractivity contribution in [2.45, 2.75) is 26.3 Å². The molecule has 2 rings (SSSR count). The van der Waals surface area contributed by atoms with Crippen molar-refractivity contribution in [1.82, 2.24) is 14.7 Å². The first-order valence-corrected chi connectivity index (χ1v) is 7.96. The van der Waals surface area contributed by atoms with Crippen LogP contribution >= 0.6 is 0 Å². The average molecular weight is 316 g/mol. The van der Waals surface area contributed by atoms with Crippen molar-refractivity contribution in [1.29, 1.82) is 0 Å². The number of amides is 2. The number of aromatic nitrogens is 2. The van der Waals surface area contributed by atoms with E-state index in [1.54, 1.807) is 11.1 Å². The third kappa shape index (κ3) is 5.41. The first-order chi connectivity index (χ1) is 11.2. The highest BCUT2D eigenvalue weighted by Crippen LogP contribution is 2.11. The lowest BCUT2D eigenvalue weighted by Gasteiger charge is -2.22. The van der Waals surface area contributed by atoms with Gasteiger partial charge in [0.05, 0.1) is 13.2 Å². The number of unbranched alkanes of at least 4 members (excludes halogenated alkanes) is 1. The van der Waals surface area contributed by atoms with Crippen LogP contribution < -0.4 is 5.32 Å². The molecule has 0 fully saturated rings. The molecule has 6 heteroatoms. The van der Waals surface area contributed by atoms with Gasteiger partial charge in [-0.3, -0.25) is 4.68 Å². The largest absolute Gasteiger partial charge is 0.395 e. The molecule has 1 aromatic carbocycles. The van der Waals surface area contributed by atoms with Crippen molar-refractivity contribution in [2.24, 2.45) is 0 Å². The summed E-state index contributed by atoms with van der Waals surface area (Å²) in [7, 11) is 0. The van der Waals surface area contributed by atoms with E-state index in [9.17, 15) is 4.79 Å². The zero-order valence-electron chi connectivity index (χ0n) is 13.5. The van der Waals surface area contributed by atoms with Crippen molar-refractivity contribution in [3.8, 4) is 0 Å². The van der Waals surface area contributed by atoms with E-state index in [4.69, 9.17) is 5.11 Å². The fraction of sp³-hybridized carbons (Fsp3) is 0.412. The zero-order valence-corrected chi connectivity index (χ0v) is 13.5. The van der Waals surface area contributed by atoms with Gasteiger partial charge in [0.1, 0.15) is 0 Å². The van der Waals surface area contributed by atoms with Crippen LogP contribution in [0.4, 0.5) is 10.5 Å². The lowest BCUT2D eigenvalue weighted by molar-refractivity contribution is 0.187. The molecule has 0 radical (unpaired) electrons. The Morgan fingerprint density at radius 3 is 2.70 bits per heavy atom. The number of nitrogens with zero attached hydrogens (tertiary/aromatic N) is 3. The highest BCUT2D eigenvalue weighted by atomic mass is 16.3. The summed E-state index contributed by atoms with van der Waals surface area (Å²) in [6.45, 7) is 3.76. The van der Waals surface area contributed by atoms with Gasteiger partial charge in [-0.25, -0.2) is 4.79 Å². The van der Waals surface area contributed by atoms with Crippen molar-refractivity contribution < 1.29 is 9.90 Å². The van der Waals surface area contributed by atoms with Gasteiger partial charge < -0.3 is 15.3 Å². The van der Waals surface area contributed by atoms with Crippen LogP contribution in [0, 0.1) is 0 Å². The van der Waals surface area contributed by atoms with E-state index in [2.05, 4.69) is 17.3 Å². The summed E-state index contributed by atoms with van der Waals surface area (Å²) in [6.07, 6.45) is 5.60. The first kappa shape index (κ1) is 17.0. The summed E-state index contributed by atoms with van der Waals surface area (Å²) in [4.78, 5) is 13.9. The molecule has 0 spiro atoms. The highest BCUT2D eigenvalue weighted by Gasteiger charge is 2.12. The predicted octanol–water partition coefficient (Wildman–Crippen LogP) is 2.56. The Hall–Kier alpha value is -2.34. The van der Waals surface area contributed by atoms with Crippen molar-refractivity contribution >= 4 is 11.7 Å². The van der Waals surface area contributed by atoms with E-state index >= 15 is 0 Å². The molecule has 0 unspecified atom stereocenters. The second-order valence-corrected chi connectivity index (χ2v) is 5.39. The van der Waals surface area contributed by atoms with Crippen LogP contribution in [0.5, 0.6) is 0 Å². The smallest absolute Gasteiger partial charge is 0.321 e. The number of anilines is 1. The number of rotatable bonds is 8. The summed E-state index contributed by atoms with van der Waals surface area (Å²) in [5, 5.41) is 16.1. The minimum absolute atomic E-state index is 0.0278. The van der Waals surface area contributed by atoms with Crippen LogP contribution in [-0.4, -0.2) is 45.5 Å². The molecule has 6 nitrogen and oxygen atoms in total. The number of aliphatic hydroxyl groups excluding tert-OH is 1. The molecule has 0 aliphatic rings. The average Bonchev–Trinajstić information content (AvgIpc) is 3.06. The Bertz CT molecular complexity index is 581. The second kappa shape index (κ2) is 8.95. The maximum atomic E-state index is 12.2. The standard InChI is InChI=1S/C17H24N4O2/c1-2-3-10-20(12-13-22)17(23)19-16-7-5-15(6-8-16)14-21-11-4-9-18-21/h4-9,11,22H,2-3,10,12-14H2,1H3,(H,19,23). The Kier molecular flexibility index (Phi) is 6.62. The van der Waals surface area contributed by atoms with Crippen molar-refractivity contribution in [3.63, 3.8) is 0 Å². The van der Waals surface area contributed by atoms with Crippen LogP contribution in [-0.2, 0) is 6.54 Å². The molecule has 0 aliphatic carbocycles. The Labute approximate surface area is 136 Å². The Morgan fingerprint density at radius 2 is 2.09 bits per heavy atom. The van der Waals surface area contributed by atoms with Gasteiger partial charge in [-0.2, -0.15) is 5.10 Å². The molecule has 2 amide bonds. The SMILES string of the molecule is CCCCN(CCO)C(=O)Nc1ccc(Cn2cccn2)cc1. The predicted molar refractivity (Wildman–Crippen MR) is 90.4 cm³/mol. The van der Waals surface area contributed by atoms with E-state index in [0.29, 0.717) is 19.6 Å². The molecule has 0 saturated heterocycles. The van der Waals surface area contributed by atoms with E-state index < -0.39 is 0 Å². The fourth-order valence-corrected chi connectivity index (χ4v) is 2.26. The van der Waals surface area contributed by atoms with Gasteiger partial charge in [0.2, 0.25) is 0 Å². The Morgan fingerprint density at radius 1 is 1.30 bits per heavy atom. The van der Waals surface area contributed by atoms with Gasteiger partial charge >= 0.3 is 6.03 Å². The molecule has 0 aliphatic heterocycles. The quantitative estimate of drug-likeness (QED) is 0.786. The molecule has 0 atom stereocenters. The van der Waals surface area contributed by atoms with Gasteiger partial charge in [0.25, 0.3) is 0 Å². The van der Waals surface area contributed by atoms with E-state index in [1.807, 2.05) is 41.2 Å². The molecular weight excluding hydrogens is 292 g/mol. The van der Waals surface area contributed by atoms with Gasteiger partial charge in [-0.15, -0.1) is 0 Å². The summed E-state index contributed by atoms with van der Waals surface area (Å²) in [5.74, 6) is 0. The molecule has 2 aromatic rings. The molecule has 1 heterocycles. The third-order valence-corrected chi connectivity index (χ3v) is 3.55. The topological polar surface area (TPSA) is 70.4 Å². The van der Waals surface area contributed by atoms with Crippen LogP contribution in [0.25, 0.3) is 0 Å². The highest BCUT2D eigenvalue weighted by molar-refractivity contribution is 5.89. The number of urea groups is 1. The number of hydrogen-bond acceptors (Lipinski definition) is 3. The van der Waals surface area contributed by atoms with Crippen molar-refractivity contribution in [2.75, 3.05) is 25.0 Å². The zero-order chi connectivity index (χ0) is 16.5. The molecule has 0 saturated carbocycles. The monoisotopic (exact) mass is 316 g/mol. The summed E-state index contributed by atoms with van der Waals surface area (Å²) in [5.41, 5.74) is 1.86. The van der Waals surface area contributed by atoms with E-state index in [1.165, 1.54) is 0 Å². The normalized spacial score (nSPS) is 10.5. The summed E-state index contributed by atoms with van der Waals surface area (Å²) in [6, 6.07) is 9.42. The van der Waals surface area contributed by atoms with Gasteiger partial charge in [-0.1, -0.05) is 25.5 Å². The van der Waals surface area contributed by atoms with Crippen LogP contribution in [0.3, 0.4) is 0 Å². The fourth-order valence-electron chi connectivity index (χ4n) is 2.26. The maximum Gasteiger partial charge on any atom is 0.321 e. The second-order valence-electron chi connectivity index (χ2n) is 5.39. The molecule has 0 bridgehead atoms. The lowest BCUT2D eigenvalue weighted by atomic mass is 10.2. The van der Waals surface area contributed by atoms with Crippen LogP contribution in [0.15, 0.2) is 42.7 Å². The number of carbonyl (C=O) groups is 1. The summed E-state index contributed by atoms with van der Waals surface area (Å²) >= 11 is 0. The van der Waals surface area contributed by atoms with Crippen LogP contribution in [0.1, 0.15) is 25.3 Å². The Balaban J connectivity index is 1.92. The maximum absolute atomic E-state index is 12.2. The number of hydrogen-bond donors (Lipinski definition) is 2. The van der Waals surface area contributed by atoms with Crippen LogP contribution in [0.2, 0.25) is 0 Å². The minimum Gasteiger partial charge on any atom is -0.395 e.